The number of rotatable bonds is 5. The predicted octanol–water partition coefficient (Wildman–Crippen LogP) is 2.52. The molecule has 1 N–H and O–H groups in total. The Morgan fingerprint density at radius 2 is 2.05 bits per heavy atom. The van der Waals surface area contributed by atoms with Crippen molar-refractivity contribution in [2.45, 2.75) is 38.5 Å². The first kappa shape index (κ1) is 16.2. The van der Waals surface area contributed by atoms with Gasteiger partial charge in [0.25, 0.3) is 0 Å². The van der Waals surface area contributed by atoms with Gasteiger partial charge in [0.15, 0.2) is 9.84 Å². The maximum atomic E-state index is 12.4. The molecule has 0 radical (unpaired) electrons. The molecule has 118 valence electrons. The Labute approximate surface area is 123 Å². The topological polar surface area (TPSA) is 55.4 Å². The van der Waals surface area contributed by atoms with Gasteiger partial charge in [0.2, 0.25) is 0 Å². The summed E-state index contributed by atoms with van der Waals surface area (Å²) in [5, 5.41) is 3.20. The number of halogens is 2. The van der Waals surface area contributed by atoms with E-state index in [2.05, 4.69) is 10.1 Å². The summed E-state index contributed by atoms with van der Waals surface area (Å²) in [6.07, 6.45) is 1.39. The molecule has 0 bridgehead atoms. The van der Waals surface area contributed by atoms with Crippen LogP contribution in [0.25, 0.3) is 0 Å². The number of alkyl halides is 2. The summed E-state index contributed by atoms with van der Waals surface area (Å²) in [5.74, 6) is 0.436. The van der Waals surface area contributed by atoms with Gasteiger partial charge in [-0.1, -0.05) is 18.2 Å². The van der Waals surface area contributed by atoms with E-state index in [1.165, 1.54) is 6.07 Å². The van der Waals surface area contributed by atoms with Crippen LogP contribution in [0.3, 0.4) is 0 Å². The first-order valence-corrected chi connectivity index (χ1v) is 8.70. The molecule has 0 saturated carbocycles. The van der Waals surface area contributed by atoms with Gasteiger partial charge in [-0.2, -0.15) is 8.78 Å². The van der Waals surface area contributed by atoms with Gasteiger partial charge in [0.05, 0.1) is 11.5 Å². The fourth-order valence-corrected chi connectivity index (χ4v) is 4.29. The standard InChI is InChI=1S/C14H19F2NO3S/c1-10(17-11-5-4-8-21(18,19)9-11)12-6-2-3-7-13(12)20-14(15)16/h2-3,6-7,10-11,14,17H,4-5,8-9H2,1H3. The maximum absolute atomic E-state index is 12.4. The van der Waals surface area contributed by atoms with Gasteiger partial charge in [0.1, 0.15) is 5.75 Å². The molecule has 4 nitrogen and oxygen atoms in total. The van der Waals surface area contributed by atoms with Crippen molar-refractivity contribution in [2.24, 2.45) is 0 Å². The van der Waals surface area contributed by atoms with Crippen LogP contribution in [0.4, 0.5) is 8.78 Å². The summed E-state index contributed by atoms with van der Waals surface area (Å²) in [7, 11) is -3.00. The lowest BCUT2D eigenvalue weighted by Crippen LogP contribution is -2.41. The lowest BCUT2D eigenvalue weighted by Gasteiger charge is -2.27. The van der Waals surface area contributed by atoms with Gasteiger partial charge in [-0.05, 0) is 25.8 Å². The van der Waals surface area contributed by atoms with E-state index in [0.29, 0.717) is 12.0 Å². The van der Waals surface area contributed by atoms with Gasteiger partial charge in [-0.25, -0.2) is 8.42 Å². The second-order valence-electron chi connectivity index (χ2n) is 5.26. The first-order chi connectivity index (χ1) is 9.87. The Kier molecular flexibility index (Phi) is 5.16. The Morgan fingerprint density at radius 3 is 2.71 bits per heavy atom. The second-order valence-corrected chi connectivity index (χ2v) is 7.49. The quantitative estimate of drug-likeness (QED) is 0.906. The lowest BCUT2D eigenvalue weighted by molar-refractivity contribution is -0.0506. The molecule has 2 unspecified atom stereocenters. The van der Waals surface area contributed by atoms with E-state index in [1.54, 1.807) is 18.2 Å². The highest BCUT2D eigenvalue weighted by Gasteiger charge is 2.26. The molecule has 21 heavy (non-hydrogen) atoms. The highest BCUT2D eigenvalue weighted by Crippen LogP contribution is 2.27. The summed E-state index contributed by atoms with van der Waals surface area (Å²) in [6.45, 7) is -1.07. The summed E-state index contributed by atoms with van der Waals surface area (Å²) in [6, 6.07) is 6.13. The molecular formula is C14H19F2NO3S. The number of para-hydroxylation sites is 1. The minimum absolute atomic E-state index is 0.0925. The van der Waals surface area contributed by atoms with E-state index in [9.17, 15) is 17.2 Å². The van der Waals surface area contributed by atoms with Crippen molar-refractivity contribution in [3.05, 3.63) is 29.8 Å². The highest BCUT2D eigenvalue weighted by atomic mass is 32.2. The third kappa shape index (κ3) is 4.64. The third-order valence-corrected chi connectivity index (χ3v) is 5.37. The van der Waals surface area contributed by atoms with Crippen molar-refractivity contribution in [1.82, 2.24) is 5.32 Å². The van der Waals surface area contributed by atoms with Crippen LogP contribution in [0.1, 0.15) is 31.4 Å². The van der Waals surface area contributed by atoms with Crippen LogP contribution in [0.5, 0.6) is 5.75 Å². The van der Waals surface area contributed by atoms with Gasteiger partial charge >= 0.3 is 6.61 Å². The van der Waals surface area contributed by atoms with Gasteiger partial charge < -0.3 is 10.1 Å². The molecule has 1 aliphatic heterocycles. The summed E-state index contributed by atoms with van der Waals surface area (Å²) >= 11 is 0. The monoisotopic (exact) mass is 319 g/mol. The first-order valence-electron chi connectivity index (χ1n) is 6.87. The summed E-state index contributed by atoms with van der Waals surface area (Å²) in [4.78, 5) is 0. The average molecular weight is 319 g/mol. The van der Waals surface area contributed by atoms with Crippen LogP contribution in [0.15, 0.2) is 24.3 Å². The van der Waals surface area contributed by atoms with Crippen molar-refractivity contribution in [1.29, 1.82) is 0 Å². The average Bonchev–Trinajstić information content (AvgIpc) is 2.37. The number of benzene rings is 1. The van der Waals surface area contributed by atoms with E-state index in [0.717, 1.165) is 6.42 Å². The van der Waals surface area contributed by atoms with Crippen LogP contribution in [-0.2, 0) is 9.84 Å². The minimum Gasteiger partial charge on any atom is -0.434 e. The van der Waals surface area contributed by atoms with Crippen molar-refractivity contribution in [2.75, 3.05) is 11.5 Å². The maximum Gasteiger partial charge on any atom is 0.387 e. The largest absolute Gasteiger partial charge is 0.434 e. The third-order valence-electron chi connectivity index (χ3n) is 3.55. The molecule has 0 spiro atoms. The van der Waals surface area contributed by atoms with Gasteiger partial charge in [-0.3, -0.25) is 0 Å². The van der Waals surface area contributed by atoms with Crippen LogP contribution in [0.2, 0.25) is 0 Å². The summed E-state index contributed by atoms with van der Waals surface area (Å²) < 4.78 is 52.6. The van der Waals surface area contributed by atoms with Crippen molar-refractivity contribution >= 4 is 9.84 Å². The van der Waals surface area contributed by atoms with Crippen molar-refractivity contribution in [3.63, 3.8) is 0 Å². The number of hydrogen-bond donors (Lipinski definition) is 1. The summed E-state index contributed by atoms with van der Waals surface area (Å²) in [5.41, 5.74) is 0.598. The van der Waals surface area contributed by atoms with Crippen LogP contribution in [0, 0.1) is 0 Å². The molecule has 0 amide bonds. The molecule has 2 rings (SSSR count). The fourth-order valence-electron chi connectivity index (χ4n) is 2.64. The number of ether oxygens (including phenoxy) is 1. The molecule has 1 aromatic rings. The lowest BCUT2D eigenvalue weighted by atomic mass is 10.1. The molecule has 1 saturated heterocycles. The smallest absolute Gasteiger partial charge is 0.387 e. The predicted molar refractivity (Wildman–Crippen MR) is 76.3 cm³/mol. The van der Waals surface area contributed by atoms with Crippen LogP contribution < -0.4 is 10.1 Å². The second kappa shape index (κ2) is 6.70. The van der Waals surface area contributed by atoms with Gasteiger partial charge in [-0.15, -0.1) is 0 Å². The van der Waals surface area contributed by atoms with Crippen molar-refractivity contribution < 1.29 is 21.9 Å². The molecule has 1 fully saturated rings. The van der Waals surface area contributed by atoms with Crippen LogP contribution in [-0.4, -0.2) is 32.6 Å². The molecular weight excluding hydrogens is 300 g/mol. The van der Waals surface area contributed by atoms with E-state index in [1.807, 2.05) is 6.92 Å². The minimum atomic E-state index is -3.00. The Hall–Kier alpha value is -1.21. The van der Waals surface area contributed by atoms with Crippen molar-refractivity contribution in [3.8, 4) is 5.75 Å². The zero-order valence-electron chi connectivity index (χ0n) is 11.8. The van der Waals surface area contributed by atoms with E-state index in [4.69, 9.17) is 0 Å². The molecule has 1 heterocycles. The highest BCUT2D eigenvalue weighted by molar-refractivity contribution is 7.91. The molecule has 1 aromatic carbocycles. The van der Waals surface area contributed by atoms with E-state index in [-0.39, 0.29) is 29.3 Å². The zero-order chi connectivity index (χ0) is 15.5. The SMILES string of the molecule is CC(NC1CCCS(=O)(=O)C1)c1ccccc1OC(F)F. The molecule has 0 aliphatic carbocycles. The van der Waals surface area contributed by atoms with E-state index >= 15 is 0 Å². The molecule has 7 heteroatoms. The Balaban J connectivity index is 2.08. The number of sulfone groups is 1. The molecule has 2 atom stereocenters. The fraction of sp³-hybridized carbons (Fsp3) is 0.571. The molecule has 0 aromatic heterocycles. The Bertz CT molecular complexity index is 577. The molecule has 1 aliphatic rings. The van der Waals surface area contributed by atoms with Crippen LogP contribution >= 0.6 is 0 Å². The van der Waals surface area contributed by atoms with E-state index < -0.39 is 16.4 Å². The number of nitrogens with one attached hydrogen (secondary N) is 1. The van der Waals surface area contributed by atoms with Gasteiger partial charge in [0, 0.05) is 17.6 Å². The Morgan fingerprint density at radius 1 is 1.33 bits per heavy atom. The zero-order valence-corrected chi connectivity index (χ0v) is 12.6. The normalized spacial score (nSPS) is 23.0. The number of hydrogen-bond acceptors (Lipinski definition) is 4.